The fourth-order valence-corrected chi connectivity index (χ4v) is 4.98. The Bertz CT molecular complexity index is 1570. The predicted octanol–water partition coefficient (Wildman–Crippen LogP) is 1.20. The van der Waals surface area contributed by atoms with Crippen LogP contribution in [0.25, 0.3) is 0 Å². The van der Waals surface area contributed by atoms with Gasteiger partial charge in [-0.1, -0.05) is 12.1 Å². The van der Waals surface area contributed by atoms with Crippen LogP contribution in [-0.4, -0.2) is 87.2 Å². The van der Waals surface area contributed by atoms with Crippen LogP contribution in [-0.2, 0) is 38.2 Å². The van der Waals surface area contributed by atoms with Gasteiger partial charge in [0.15, 0.2) is 47.7 Å². The van der Waals surface area contributed by atoms with E-state index in [9.17, 15) is 39.0 Å². The van der Waals surface area contributed by atoms with E-state index in [1.807, 2.05) is 0 Å². The Morgan fingerprint density at radius 2 is 0.979 bits per heavy atom. The van der Waals surface area contributed by atoms with E-state index >= 15 is 0 Å². The number of hydrogen-bond donors (Lipinski definition) is 4. The van der Waals surface area contributed by atoms with E-state index in [1.165, 1.54) is 50.6 Å². The first-order valence-electron chi connectivity index (χ1n) is 14.0. The second-order valence-corrected chi connectivity index (χ2v) is 10.2. The minimum Gasteiger partial charge on any atom is -0.504 e. The lowest BCUT2D eigenvalue weighted by Crippen LogP contribution is -2.31. The first-order valence-corrected chi connectivity index (χ1v) is 14.0. The van der Waals surface area contributed by atoms with Crippen molar-refractivity contribution in [3.05, 3.63) is 70.2 Å². The van der Waals surface area contributed by atoms with Crippen molar-refractivity contribution in [2.75, 3.05) is 41.7 Å². The summed E-state index contributed by atoms with van der Waals surface area (Å²) in [6.07, 6.45) is -1.19. The number of primary amides is 2. The normalized spacial score (nSPS) is 14.2. The maximum absolute atomic E-state index is 13.9. The Morgan fingerprint density at radius 1 is 0.625 bits per heavy atom. The summed E-state index contributed by atoms with van der Waals surface area (Å²) in [7, 11) is 4.81. The molecule has 3 rings (SSSR count). The van der Waals surface area contributed by atoms with Gasteiger partial charge in [0, 0.05) is 11.8 Å². The van der Waals surface area contributed by atoms with Crippen molar-refractivity contribution in [3.63, 3.8) is 0 Å². The molecule has 0 unspecified atom stereocenters. The number of benzene rings is 2. The molecule has 2 aromatic carbocycles. The Balaban J connectivity index is 2.20. The molecule has 0 aliphatic heterocycles. The number of nitrogens with two attached hydrogens (primary N) is 2. The third-order valence-corrected chi connectivity index (χ3v) is 7.24. The van der Waals surface area contributed by atoms with Crippen molar-refractivity contribution in [2.24, 2.45) is 11.5 Å². The highest BCUT2D eigenvalue weighted by Gasteiger charge is 2.43. The van der Waals surface area contributed by atoms with Crippen molar-refractivity contribution in [3.8, 4) is 23.0 Å². The number of ether oxygens (including phenoxy) is 6. The Kier molecular flexibility index (Phi) is 12.1. The second kappa shape index (κ2) is 16.0. The third kappa shape index (κ3) is 8.20. The van der Waals surface area contributed by atoms with Crippen LogP contribution < -0.4 is 30.4 Å². The molecule has 1 aliphatic rings. The molecule has 256 valence electrons. The maximum atomic E-state index is 13.9. The fourth-order valence-electron chi connectivity index (χ4n) is 4.98. The van der Waals surface area contributed by atoms with Gasteiger partial charge in [0.25, 0.3) is 11.8 Å². The summed E-state index contributed by atoms with van der Waals surface area (Å²) in [6.45, 7) is -1.11. The molecule has 0 radical (unpaired) electrons. The van der Waals surface area contributed by atoms with Gasteiger partial charge in [-0.2, -0.15) is 0 Å². The number of carbonyl (C=O) groups is 6. The standard InChI is InChI=1S/C32H34N2O14/c1-43-19-7-5-15(9-21(19)47-13-23(33)35)17(11-25(37)45-3)27-29(39)31(41)28(32(42)30(27)40)18(12-26(38)46-4)16-6-8-20(44-2)22(10-16)48-14-24(34)36/h5-10,17-18,39,42H,11-14H2,1-4H3,(H2,33,35)(H2,34,36)/t17-,18-/m0/s1. The van der Waals surface area contributed by atoms with Crippen LogP contribution in [0, 0.1) is 0 Å². The smallest absolute Gasteiger partial charge is 0.306 e. The summed E-state index contributed by atoms with van der Waals surface area (Å²) in [5.41, 5.74) is 9.30. The molecule has 48 heavy (non-hydrogen) atoms. The molecule has 0 spiro atoms. The molecule has 2 aromatic rings. The molecule has 0 bridgehead atoms. The zero-order valence-electron chi connectivity index (χ0n) is 26.4. The summed E-state index contributed by atoms with van der Waals surface area (Å²) < 4.78 is 30.8. The first kappa shape index (κ1) is 36.4. The van der Waals surface area contributed by atoms with Crippen LogP contribution in [0.2, 0.25) is 0 Å². The van der Waals surface area contributed by atoms with Gasteiger partial charge in [-0.15, -0.1) is 0 Å². The van der Waals surface area contributed by atoms with E-state index in [2.05, 4.69) is 0 Å². The summed E-state index contributed by atoms with van der Waals surface area (Å²) in [5, 5.41) is 22.6. The molecular formula is C32H34N2O14. The lowest BCUT2D eigenvalue weighted by molar-refractivity contribution is -0.142. The number of allylic oxidation sites excluding steroid dienone is 2. The summed E-state index contributed by atoms with van der Waals surface area (Å²) in [5.74, 6) is -10.6. The van der Waals surface area contributed by atoms with Crippen LogP contribution in [0.3, 0.4) is 0 Å². The number of esters is 2. The van der Waals surface area contributed by atoms with E-state index in [0.717, 1.165) is 14.2 Å². The molecule has 16 heteroatoms. The number of carbonyl (C=O) groups excluding carboxylic acids is 6. The average molecular weight is 671 g/mol. The molecule has 2 atom stereocenters. The molecule has 0 saturated carbocycles. The molecular weight excluding hydrogens is 636 g/mol. The van der Waals surface area contributed by atoms with Crippen LogP contribution in [0.4, 0.5) is 0 Å². The summed E-state index contributed by atoms with van der Waals surface area (Å²) >= 11 is 0. The van der Waals surface area contributed by atoms with E-state index in [1.54, 1.807) is 0 Å². The monoisotopic (exact) mass is 670 g/mol. The molecule has 0 saturated heterocycles. The van der Waals surface area contributed by atoms with Gasteiger partial charge < -0.3 is 50.1 Å². The number of hydrogen-bond acceptors (Lipinski definition) is 14. The van der Waals surface area contributed by atoms with Gasteiger partial charge in [-0.25, -0.2) is 0 Å². The van der Waals surface area contributed by atoms with Crippen LogP contribution in [0.1, 0.15) is 35.8 Å². The third-order valence-electron chi connectivity index (χ3n) is 7.24. The number of amides is 2. The van der Waals surface area contributed by atoms with Crippen molar-refractivity contribution >= 4 is 35.3 Å². The highest BCUT2D eigenvalue weighted by molar-refractivity contribution is 6.24. The highest BCUT2D eigenvalue weighted by atomic mass is 16.5. The number of aliphatic hydroxyl groups excluding tert-OH is 2. The number of aliphatic hydroxyl groups is 2. The topological polar surface area (TPSA) is 250 Å². The number of rotatable bonds is 16. The predicted molar refractivity (Wildman–Crippen MR) is 163 cm³/mol. The summed E-state index contributed by atoms with van der Waals surface area (Å²) in [4.78, 5) is 75.5. The molecule has 0 aromatic heterocycles. The Hall–Kier alpha value is -6.06. The van der Waals surface area contributed by atoms with Crippen molar-refractivity contribution in [1.82, 2.24) is 0 Å². The lowest BCUT2D eigenvalue weighted by Gasteiger charge is -2.28. The average Bonchev–Trinajstić information content (AvgIpc) is 3.07. The molecule has 6 N–H and O–H groups in total. The number of ketones is 2. The molecule has 0 heterocycles. The number of Topliss-reactive ketones (excluding diaryl/α,β-unsaturated/α-hetero) is 2. The van der Waals surface area contributed by atoms with Crippen LogP contribution in [0.5, 0.6) is 23.0 Å². The Morgan fingerprint density at radius 3 is 1.27 bits per heavy atom. The quantitative estimate of drug-likeness (QED) is 0.145. The van der Waals surface area contributed by atoms with Gasteiger partial charge in [-0.05, 0) is 35.4 Å². The number of methoxy groups -OCH3 is 4. The minimum atomic E-state index is -1.40. The molecule has 1 aliphatic carbocycles. The van der Waals surface area contributed by atoms with E-state index < -0.39 is 95.9 Å². The second-order valence-electron chi connectivity index (χ2n) is 10.2. The maximum Gasteiger partial charge on any atom is 0.306 e. The van der Waals surface area contributed by atoms with Gasteiger partial charge >= 0.3 is 11.9 Å². The fraction of sp³-hybridized carbons (Fsp3) is 0.312. The zero-order valence-corrected chi connectivity index (χ0v) is 26.4. The minimum absolute atomic E-state index is 0.0224. The highest BCUT2D eigenvalue weighted by Crippen LogP contribution is 2.43. The van der Waals surface area contributed by atoms with Crippen LogP contribution >= 0.6 is 0 Å². The molecule has 0 fully saturated rings. The van der Waals surface area contributed by atoms with E-state index in [0.29, 0.717) is 0 Å². The van der Waals surface area contributed by atoms with Gasteiger partial charge in [0.05, 0.1) is 52.4 Å². The van der Waals surface area contributed by atoms with Gasteiger partial charge in [0.1, 0.15) is 0 Å². The largest absolute Gasteiger partial charge is 0.504 e. The van der Waals surface area contributed by atoms with Crippen molar-refractivity contribution < 1.29 is 67.4 Å². The van der Waals surface area contributed by atoms with Gasteiger partial charge in [-0.3, -0.25) is 28.8 Å². The molecule has 2 amide bonds. The van der Waals surface area contributed by atoms with Crippen molar-refractivity contribution in [1.29, 1.82) is 0 Å². The van der Waals surface area contributed by atoms with Gasteiger partial charge in [0.2, 0.25) is 11.6 Å². The molecule has 16 nitrogen and oxygen atoms in total. The zero-order chi connectivity index (χ0) is 35.7. The van der Waals surface area contributed by atoms with E-state index in [-0.39, 0.29) is 34.1 Å². The van der Waals surface area contributed by atoms with Crippen molar-refractivity contribution in [2.45, 2.75) is 24.7 Å². The Labute approximate surface area is 273 Å². The first-order chi connectivity index (χ1) is 22.8. The summed E-state index contributed by atoms with van der Waals surface area (Å²) in [6, 6.07) is 8.19. The van der Waals surface area contributed by atoms with Crippen LogP contribution in [0.15, 0.2) is 59.1 Å². The van der Waals surface area contributed by atoms with E-state index in [4.69, 9.17) is 39.9 Å². The SMILES string of the molecule is COC(=O)C[C@H](C1=C(O)C(=O)C([C@@H](CC(=O)OC)c2ccc(OC)c(OCC(N)=O)c2)=C(O)C1=O)c1ccc(OC)c(OCC(N)=O)c1. The lowest BCUT2D eigenvalue weighted by atomic mass is 9.75.